The van der Waals surface area contributed by atoms with E-state index in [2.05, 4.69) is 20.9 Å². The summed E-state index contributed by atoms with van der Waals surface area (Å²) in [6, 6.07) is 1.84. The Labute approximate surface area is 94.7 Å². The van der Waals surface area contributed by atoms with E-state index >= 15 is 0 Å². The summed E-state index contributed by atoms with van der Waals surface area (Å²) in [5, 5.41) is 18.6. The molecule has 3 nitrogen and oxygen atoms in total. The first-order chi connectivity index (χ1) is 7.15. The van der Waals surface area contributed by atoms with Gasteiger partial charge < -0.3 is 5.11 Å². The van der Waals surface area contributed by atoms with Crippen LogP contribution < -0.4 is 0 Å². The van der Waals surface area contributed by atoms with Gasteiger partial charge in [-0.25, -0.2) is 9.37 Å². The van der Waals surface area contributed by atoms with E-state index in [1.54, 1.807) is 0 Å². The second-order valence-electron chi connectivity index (χ2n) is 3.58. The summed E-state index contributed by atoms with van der Waals surface area (Å²) in [6.07, 6.45) is 1.94. The Morgan fingerprint density at radius 3 is 2.87 bits per heavy atom. The van der Waals surface area contributed by atoms with Gasteiger partial charge in [0.25, 0.3) is 0 Å². The van der Waals surface area contributed by atoms with Crippen molar-refractivity contribution in [2.75, 3.05) is 0 Å². The van der Waals surface area contributed by atoms with E-state index < -0.39 is 11.9 Å². The van der Waals surface area contributed by atoms with Gasteiger partial charge in [0.15, 0.2) is 5.69 Å². The van der Waals surface area contributed by atoms with Gasteiger partial charge in [-0.15, -0.1) is 0 Å². The molecule has 2 rings (SSSR count). The predicted octanol–water partition coefficient (Wildman–Crippen LogP) is 2.30. The topological polar surface area (TPSA) is 56.9 Å². The van der Waals surface area contributed by atoms with E-state index in [1.807, 2.05) is 6.07 Å². The Bertz CT molecular complexity index is 440. The van der Waals surface area contributed by atoms with Gasteiger partial charge in [-0.05, 0) is 34.7 Å². The molecule has 1 fully saturated rings. The van der Waals surface area contributed by atoms with Crippen molar-refractivity contribution in [2.24, 2.45) is 5.92 Å². The molecule has 1 heterocycles. The van der Waals surface area contributed by atoms with Crippen LogP contribution in [0.1, 0.15) is 30.2 Å². The largest absolute Gasteiger partial charge is 0.388 e. The monoisotopic (exact) mass is 270 g/mol. The predicted molar refractivity (Wildman–Crippen MR) is 54.3 cm³/mol. The molecule has 1 aromatic heterocycles. The summed E-state index contributed by atoms with van der Waals surface area (Å²) >= 11 is 3.10. The summed E-state index contributed by atoms with van der Waals surface area (Å²) in [4.78, 5) is 3.62. The molecular weight excluding hydrogens is 263 g/mol. The quantitative estimate of drug-likeness (QED) is 0.897. The third-order valence-electron chi connectivity index (χ3n) is 2.48. The summed E-state index contributed by atoms with van der Waals surface area (Å²) in [5.74, 6) is -0.454. The van der Waals surface area contributed by atoms with E-state index in [1.165, 1.54) is 0 Å². The van der Waals surface area contributed by atoms with E-state index in [0.29, 0.717) is 0 Å². The number of aliphatic hydroxyl groups is 1. The number of hydrogen-bond acceptors (Lipinski definition) is 3. The summed E-state index contributed by atoms with van der Waals surface area (Å²) < 4.78 is 13.7. The van der Waals surface area contributed by atoms with Crippen LogP contribution in [0.3, 0.4) is 0 Å². The molecule has 0 aromatic carbocycles. The van der Waals surface area contributed by atoms with Crippen LogP contribution in [0.2, 0.25) is 0 Å². The van der Waals surface area contributed by atoms with Crippen LogP contribution in [0.15, 0.2) is 10.7 Å². The first kappa shape index (κ1) is 10.5. The summed E-state index contributed by atoms with van der Waals surface area (Å²) in [6.45, 7) is 0. The van der Waals surface area contributed by atoms with Gasteiger partial charge in [0.1, 0.15) is 11.9 Å². The zero-order valence-electron chi connectivity index (χ0n) is 7.74. The highest BCUT2D eigenvalue weighted by molar-refractivity contribution is 9.10. The zero-order valence-corrected chi connectivity index (χ0v) is 9.33. The number of hydrogen-bond donors (Lipinski definition) is 1. The molecule has 5 heteroatoms. The van der Waals surface area contributed by atoms with Crippen molar-refractivity contribution in [3.8, 4) is 6.07 Å². The fourth-order valence-electron chi connectivity index (χ4n) is 1.48. The molecule has 15 heavy (non-hydrogen) atoms. The van der Waals surface area contributed by atoms with E-state index in [9.17, 15) is 9.50 Å². The molecule has 1 saturated carbocycles. The summed E-state index contributed by atoms with van der Waals surface area (Å²) in [5.41, 5.74) is 0.259. The molecular formula is C10H8BrFN2O. The van der Waals surface area contributed by atoms with Crippen LogP contribution in [0.25, 0.3) is 0 Å². The maximum Gasteiger partial charge on any atom is 0.155 e. The van der Waals surface area contributed by atoms with Gasteiger partial charge >= 0.3 is 0 Å². The minimum absolute atomic E-state index is 0.103. The Morgan fingerprint density at radius 1 is 1.67 bits per heavy atom. The molecule has 78 valence electrons. The molecule has 1 atom stereocenters. The highest BCUT2D eigenvalue weighted by Gasteiger charge is 2.34. The number of aliphatic hydroxyl groups excluding tert-OH is 1. The van der Waals surface area contributed by atoms with Crippen molar-refractivity contribution in [3.63, 3.8) is 0 Å². The van der Waals surface area contributed by atoms with E-state index in [-0.39, 0.29) is 21.6 Å². The molecule has 0 saturated heterocycles. The lowest BCUT2D eigenvalue weighted by Crippen LogP contribution is -2.06. The van der Waals surface area contributed by atoms with Crippen molar-refractivity contribution in [2.45, 2.75) is 18.9 Å². The number of nitrogens with zero attached hydrogens (tertiary/aromatic N) is 2. The molecule has 0 aliphatic heterocycles. The van der Waals surface area contributed by atoms with Crippen molar-refractivity contribution in [3.05, 3.63) is 27.7 Å². The summed E-state index contributed by atoms with van der Waals surface area (Å²) in [7, 11) is 0. The SMILES string of the molecule is N#Cc1ncc(F)c(C(O)C2CC2)c1Br. The van der Waals surface area contributed by atoms with Crippen LogP contribution in [-0.2, 0) is 0 Å². The van der Waals surface area contributed by atoms with Crippen LogP contribution in [0.5, 0.6) is 0 Å². The third kappa shape index (κ3) is 1.87. The number of pyridine rings is 1. The second-order valence-corrected chi connectivity index (χ2v) is 4.37. The van der Waals surface area contributed by atoms with Crippen LogP contribution in [0, 0.1) is 23.1 Å². The zero-order chi connectivity index (χ0) is 11.0. The fraction of sp³-hybridized carbons (Fsp3) is 0.400. The Kier molecular flexibility index (Phi) is 2.72. The van der Waals surface area contributed by atoms with Crippen LogP contribution in [-0.4, -0.2) is 10.1 Å². The number of aromatic nitrogens is 1. The van der Waals surface area contributed by atoms with E-state index in [0.717, 1.165) is 19.0 Å². The van der Waals surface area contributed by atoms with Crippen molar-refractivity contribution < 1.29 is 9.50 Å². The molecule has 1 aliphatic carbocycles. The Morgan fingerprint density at radius 2 is 2.33 bits per heavy atom. The van der Waals surface area contributed by atoms with Gasteiger partial charge in [0.05, 0.1) is 16.8 Å². The maximum absolute atomic E-state index is 13.4. The minimum Gasteiger partial charge on any atom is -0.388 e. The highest BCUT2D eigenvalue weighted by Crippen LogP contribution is 2.43. The van der Waals surface area contributed by atoms with Crippen LogP contribution in [0.4, 0.5) is 4.39 Å². The third-order valence-corrected chi connectivity index (χ3v) is 3.28. The normalized spacial score (nSPS) is 17.2. The average Bonchev–Trinajstić information content (AvgIpc) is 3.01. The van der Waals surface area contributed by atoms with Gasteiger partial charge in [0.2, 0.25) is 0 Å². The lowest BCUT2D eigenvalue weighted by molar-refractivity contribution is 0.148. The number of halogens is 2. The molecule has 0 radical (unpaired) electrons. The van der Waals surface area contributed by atoms with Gasteiger partial charge in [-0.3, -0.25) is 0 Å². The van der Waals surface area contributed by atoms with Gasteiger partial charge in [-0.1, -0.05) is 0 Å². The average molecular weight is 271 g/mol. The molecule has 0 amide bonds. The van der Waals surface area contributed by atoms with Crippen LogP contribution >= 0.6 is 15.9 Å². The lowest BCUT2D eigenvalue weighted by atomic mass is 10.1. The first-order valence-electron chi connectivity index (χ1n) is 4.57. The molecule has 1 aromatic rings. The molecule has 1 N–H and O–H groups in total. The first-order valence-corrected chi connectivity index (χ1v) is 5.36. The lowest BCUT2D eigenvalue weighted by Gasteiger charge is -2.12. The highest BCUT2D eigenvalue weighted by atomic mass is 79.9. The fourth-order valence-corrected chi connectivity index (χ4v) is 2.09. The Balaban J connectivity index is 2.48. The molecule has 0 spiro atoms. The van der Waals surface area contributed by atoms with Crippen molar-refractivity contribution >= 4 is 15.9 Å². The van der Waals surface area contributed by atoms with E-state index in [4.69, 9.17) is 5.26 Å². The van der Waals surface area contributed by atoms with Crippen molar-refractivity contribution in [1.29, 1.82) is 5.26 Å². The standard InChI is InChI=1S/C10H8BrFN2O/c11-9-7(3-13)14-4-6(12)8(9)10(15)5-1-2-5/h4-5,10,15H,1-2H2. The minimum atomic E-state index is -0.838. The van der Waals surface area contributed by atoms with Gasteiger partial charge in [0, 0.05) is 5.56 Å². The smallest absolute Gasteiger partial charge is 0.155 e. The van der Waals surface area contributed by atoms with Crippen molar-refractivity contribution in [1.82, 2.24) is 4.98 Å². The maximum atomic E-state index is 13.4. The van der Waals surface area contributed by atoms with Gasteiger partial charge in [-0.2, -0.15) is 5.26 Å². The molecule has 1 aliphatic rings. The second kappa shape index (κ2) is 3.87. The number of rotatable bonds is 2. The molecule has 0 bridgehead atoms. The Hall–Kier alpha value is -0.990. The number of nitriles is 1. The molecule has 1 unspecified atom stereocenters.